The van der Waals surface area contributed by atoms with E-state index in [9.17, 15) is 9.18 Å². The molecule has 1 aliphatic carbocycles. The zero-order valence-electron chi connectivity index (χ0n) is 9.85. The highest BCUT2D eigenvalue weighted by molar-refractivity contribution is 6.00. The summed E-state index contributed by atoms with van der Waals surface area (Å²) in [4.78, 5) is 12.3. The summed E-state index contributed by atoms with van der Waals surface area (Å²) in [7, 11) is 0. The van der Waals surface area contributed by atoms with Crippen LogP contribution in [0.1, 0.15) is 48.5 Å². The molecule has 0 unspecified atom stereocenters. The van der Waals surface area contributed by atoms with E-state index in [4.69, 9.17) is 0 Å². The highest BCUT2D eigenvalue weighted by atomic mass is 19.1. The minimum atomic E-state index is -0.315. The molecule has 0 radical (unpaired) electrons. The van der Waals surface area contributed by atoms with Crippen LogP contribution in [0.4, 0.5) is 4.39 Å². The van der Waals surface area contributed by atoms with Crippen molar-refractivity contribution in [3.8, 4) is 0 Å². The Morgan fingerprint density at radius 1 is 1.25 bits per heavy atom. The molecule has 0 saturated heterocycles. The molecule has 2 rings (SSSR count). The molecule has 1 saturated carbocycles. The molecule has 0 atom stereocenters. The largest absolute Gasteiger partial charge is 0.294 e. The first-order valence-corrected chi connectivity index (χ1v) is 5.83. The SMILES string of the molecule is Cc1cc(F)cc(C(=O)C2(C)CCCC2)c1. The summed E-state index contributed by atoms with van der Waals surface area (Å²) in [5, 5.41) is 0. The standard InChI is InChI=1S/C14H17FO/c1-10-7-11(9-12(15)8-10)13(16)14(2)5-3-4-6-14/h7-9H,3-6H2,1-2H3. The summed E-state index contributed by atoms with van der Waals surface area (Å²) in [6, 6.07) is 4.60. The van der Waals surface area contributed by atoms with Crippen LogP contribution in [0, 0.1) is 18.2 Å². The molecule has 16 heavy (non-hydrogen) atoms. The lowest BCUT2D eigenvalue weighted by atomic mass is 9.80. The van der Waals surface area contributed by atoms with Crippen LogP contribution in [0.3, 0.4) is 0 Å². The molecule has 0 N–H and O–H groups in total. The lowest BCUT2D eigenvalue weighted by Gasteiger charge is -2.21. The Bertz CT molecular complexity index is 396. The number of halogens is 1. The van der Waals surface area contributed by atoms with Crippen LogP contribution in [-0.4, -0.2) is 5.78 Å². The Kier molecular flexibility index (Phi) is 2.83. The van der Waals surface area contributed by atoms with Crippen molar-refractivity contribution >= 4 is 5.78 Å². The van der Waals surface area contributed by atoms with Gasteiger partial charge in [-0.2, -0.15) is 0 Å². The number of carbonyl (C=O) groups excluding carboxylic acids is 1. The second kappa shape index (κ2) is 4.00. The van der Waals surface area contributed by atoms with Crippen molar-refractivity contribution in [3.05, 3.63) is 35.1 Å². The Morgan fingerprint density at radius 2 is 1.88 bits per heavy atom. The lowest BCUT2D eigenvalue weighted by molar-refractivity contribution is 0.0823. The number of rotatable bonds is 2. The van der Waals surface area contributed by atoms with E-state index in [-0.39, 0.29) is 17.0 Å². The van der Waals surface area contributed by atoms with E-state index in [0.29, 0.717) is 5.56 Å². The van der Waals surface area contributed by atoms with Crippen LogP contribution in [0.15, 0.2) is 18.2 Å². The maximum absolute atomic E-state index is 13.2. The van der Waals surface area contributed by atoms with Gasteiger partial charge in [-0.1, -0.05) is 19.8 Å². The molecule has 1 aliphatic rings. The molecule has 2 heteroatoms. The first kappa shape index (κ1) is 11.3. The number of carbonyl (C=O) groups is 1. The fourth-order valence-electron chi connectivity index (χ4n) is 2.60. The van der Waals surface area contributed by atoms with Gasteiger partial charge in [0.2, 0.25) is 0 Å². The topological polar surface area (TPSA) is 17.1 Å². The van der Waals surface area contributed by atoms with E-state index < -0.39 is 0 Å². The van der Waals surface area contributed by atoms with Gasteiger partial charge in [0, 0.05) is 11.0 Å². The van der Waals surface area contributed by atoms with Crippen molar-refractivity contribution in [2.24, 2.45) is 5.41 Å². The van der Waals surface area contributed by atoms with E-state index in [1.807, 2.05) is 13.8 Å². The number of hydrogen-bond acceptors (Lipinski definition) is 1. The average Bonchev–Trinajstić information content (AvgIpc) is 2.64. The maximum Gasteiger partial charge on any atom is 0.168 e. The first-order valence-electron chi connectivity index (χ1n) is 5.83. The molecule has 0 heterocycles. The van der Waals surface area contributed by atoms with Crippen LogP contribution in [0.5, 0.6) is 0 Å². The third-order valence-corrected chi connectivity index (χ3v) is 3.56. The number of aryl methyl sites for hydroxylation is 1. The molecule has 0 spiro atoms. The van der Waals surface area contributed by atoms with Gasteiger partial charge in [-0.15, -0.1) is 0 Å². The third kappa shape index (κ3) is 2.01. The van der Waals surface area contributed by atoms with Crippen molar-refractivity contribution in [1.82, 2.24) is 0 Å². The van der Waals surface area contributed by atoms with Crippen LogP contribution in [-0.2, 0) is 0 Å². The second-order valence-electron chi connectivity index (χ2n) is 5.11. The number of hydrogen-bond donors (Lipinski definition) is 0. The van der Waals surface area contributed by atoms with E-state index in [1.54, 1.807) is 6.07 Å². The predicted octanol–water partition coefficient (Wildman–Crippen LogP) is 3.90. The zero-order chi connectivity index (χ0) is 11.8. The quantitative estimate of drug-likeness (QED) is 0.691. The Labute approximate surface area is 95.7 Å². The molecule has 0 aliphatic heterocycles. The second-order valence-corrected chi connectivity index (χ2v) is 5.11. The van der Waals surface area contributed by atoms with Gasteiger partial charge in [-0.05, 0) is 43.5 Å². The van der Waals surface area contributed by atoms with Crippen LogP contribution in [0.25, 0.3) is 0 Å². The van der Waals surface area contributed by atoms with Crippen LogP contribution < -0.4 is 0 Å². The molecular formula is C14H17FO. The summed E-state index contributed by atoms with van der Waals surface area (Å²) in [6.07, 6.45) is 4.08. The Hall–Kier alpha value is -1.18. The number of benzene rings is 1. The molecule has 0 aromatic heterocycles. The predicted molar refractivity (Wildman–Crippen MR) is 62.0 cm³/mol. The number of ketones is 1. The molecule has 0 amide bonds. The van der Waals surface area contributed by atoms with Crippen molar-refractivity contribution in [2.45, 2.75) is 39.5 Å². The molecule has 1 fully saturated rings. The molecule has 1 aromatic carbocycles. The minimum absolute atomic E-state index is 0.104. The van der Waals surface area contributed by atoms with Crippen molar-refractivity contribution in [3.63, 3.8) is 0 Å². The van der Waals surface area contributed by atoms with E-state index >= 15 is 0 Å². The molecule has 0 bridgehead atoms. The molecule has 1 aromatic rings. The Morgan fingerprint density at radius 3 is 2.44 bits per heavy atom. The average molecular weight is 220 g/mol. The summed E-state index contributed by atoms with van der Waals surface area (Å²) in [6.45, 7) is 3.82. The van der Waals surface area contributed by atoms with Gasteiger partial charge >= 0.3 is 0 Å². The van der Waals surface area contributed by atoms with E-state index in [0.717, 1.165) is 31.2 Å². The molecule has 1 nitrogen and oxygen atoms in total. The van der Waals surface area contributed by atoms with E-state index in [2.05, 4.69) is 0 Å². The Balaban J connectivity index is 2.33. The lowest BCUT2D eigenvalue weighted by Crippen LogP contribution is -2.24. The summed E-state index contributed by atoms with van der Waals surface area (Å²) < 4.78 is 13.2. The van der Waals surface area contributed by atoms with Crippen molar-refractivity contribution in [1.29, 1.82) is 0 Å². The molecular weight excluding hydrogens is 203 g/mol. The normalized spacial score (nSPS) is 18.7. The smallest absolute Gasteiger partial charge is 0.168 e. The summed E-state index contributed by atoms with van der Waals surface area (Å²) in [5.41, 5.74) is 1.08. The summed E-state index contributed by atoms with van der Waals surface area (Å²) >= 11 is 0. The van der Waals surface area contributed by atoms with Gasteiger partial charge in [-0.3, -0.25) is 4.79 Å². The van der Waals surface area contributed by atoms with Gasteiger partial charge < -0.3 is 0 Å². The summed E-state index contributed by atoms with van der Waals surface area (Å²) in [5.74, 6) is -0.211. The van der Waals surface area contributed by atoms with Gasteiger partial charge in [0.05, 0.1) is 0 Å². The fraction of sp³-hybridized carbons (Fsp3) is 0.500. The van der Waals surface area contributed by atoms with Gasteiger partial charge in [0.15, 0.2) is 5.78 Å². The maximum atomic E-state index is 13.2. The monoisotopic (exact) mass is 220 g/mol. The van der Waals surface area contributed by atoms with Crippen molar-refractivity contribution < 1.29 is 9.18 Å². The van der Waals surface area contributed by atoms with E-state index in [1.165, 1.54) is 12.1 Å². The highest BCUT2D eigenvalue weighted by Gasteiger charge is 2.36. The van der Waals surface area contributed by atoms with Gasteiger partial charge in [0.25, 0.3) is 0 Å². The highest BCUT2D eigenvalue weighted by Crippen LogP contribution is 2.40. The van der Waals surface area contributed by atoms with Crippen LogP contribution >= 0.6 is 0 Å². The van der Waals surface area contributed by atoms with Gasteiger partial charge in [0.1, 0.15) is 5.82 Å². The first-order chi connectivity index (χ1) is 7.51. The minimum Gasteiger partial charge on any atom is -0.294 e. The van der Waals surface area contributed by atoms with Gasteiger partial charge in [-0.25, -0.2) is 4.39 Å². The van der Waals surface area contributed by atoms with Crippen molar-refractivity contribution in [2.75, 3.05) is 0 Å². The molecule has 86 valence electrons. The fourth-order valence-corrected chi connectivity index (χ4v) is 2.60. The van der Waals surface area contributed by atoms with Crippen LogP contribution in [0.2, 0.25) is 0 Å². The third-order valence-electron chi connectivity index (χ3n) is 3.56. The zero-order valence-corrected chi connectivity index (χ0v) is 9.85. The number of Topliss-reactive ketones (excluding diaryl/α,β-unsaturated/α-hetero) is 1.